The van der Waals surface area contributed by atoms with Crippen LogP contribution < -0.4 is 9.47 Å². The molecule has 0 spiro atoms. The highest BCUT2D eigenvalue weighted by Crippen LogP contribution is 2.35. The number of hydrogen-bond acceptors (Lipinski definition) is 5. The normalized spacial score (nSPS) is 10.4. The van der Waals surface area contributed by atoms with Crippen molar-refractivity contribution in [3.63, 3.8) is 0 Å². The van der Waals surface area contributed by atoms with Crippen LogP contribution in [0.15, 0.2) is 39.7 Å². The summed E-state index contributed by atoms with van der Waals surface area (Å²) in [6.07, 6.45) is 2.02. The molecule has 0 aromatic heterocycles. The second-order valence-corrected chi connectivity index (χ2v) is 7.12. The molecule has 2 aromatic carbocycles. The van der Waals surface area contributed by atoms with Crippen molar-refractivity contribution in [1.82, 2.24) is 0 Å². The van der Waals surface area contributed by atoms with Gasteiger partial charge >= 0.3 is 6.16 Å². The lowest BCUT2D eigenvalue weighted by Gasteiger charge is -2.15. The molecule has 2 aromatic rings. The average Bonchev–Trinajstić information content (AvgIpc) is 2.62. The first-order chi connectivity index (χ1) is 12.0. The molecule has 0 heterocycles. The first-order valence-corrected chi connectivity index (χ1v) is 9.92. The van der Waals surface area contributed by atoms with Crippen molar-refractivity contribution in [1.29, 1.82) is 0 Å². The Kier molecular flexibility index (Phi) is 7.47. The lowest BCUT2D eigenvalue weighted by atomic mass is 10.1. The summed E-state index contributed by atoms with van der Waals surface area (Å²) < 4.78 is 16.5. The predicted octanol–water partition coefficient (Wildman–Crippen LogP) is 6.11. The fourth-order valence-electron chi connectivity index (χ4n) is 2.21. The second kappa shape index (κ2) is 9.36. The Morgan fingerprint density at radius 2 is 2.04 bits per heavy atom. The molecule has 0 radical (unpaired) electrons. The van der Waals surface area contributed by atoms with Gasteiger partial charge in [-0.15, -0.1) is 11.8 Å². The van der Waals surface area contributed by atoms with E-state index >= 15 is 0 Å². The summed E-state index contributed by atoms with van der Waals surface area (Å²) in [4.78, 5) is 12.4. The van der Waals surface area contributed by atoms with Gasteiger partial charge in [-0.2, -0.15) is 0 Å². The maximum absolute atomic E-state index is 11.5. The third kappa shape index (κ3) is 5.06. The lowest BCUT2D eigenvalue weighted by molar-refractivity contribution is 0.120. The zero-order valence-corrected chi connectivity index (χ0v) is 17.3. The first kappa shape index (κ1) is 19.9. The van der Waals surface area contributed by atoms with Gasteiger partial charge in [0.2, 0.25) is 0 Å². The van der Waals surface area contributed by atoms with Gasteiger partial charge in [0, 0.05) is 21.5 Å². The summed E-state index contributed by atoms with van der Waals surface area (Å²) in [5.41, 5.74) is 1.81. The van der Waals surface area contributed by atoms with Crippen LogP contribution in [0.5, 0.6) is 11.5 Å². The van der Waals surface area contributed by atoms with Gasteiger partial charge in [0.15, 0.2) is 0 Å². The van der Waals surface area contributed by atoms with Crippen molar-refractivity contribution in [2.24, 2.45) is 0 Å². The maximum Gasteiger partial charge on any atom is 0.513 e. The lowest BCUT2D eigenvalue weighted by Crippen LogP contribution is -2.10. The number of thioether (sulfide) groups is 1. The summed E-state index contributed by atoms with van der Waals surface area (Å²) in [5, 5.41) is 0.657. The van der Waals surface area contributed by atoms with Crippen molar-refractivity contribution in [2.45, 2.75) is 24.8 Å². The van der Waals surface area contributed by atoms with Gasteiger partial charge in [-0.1, -0.05) is 24.6 Å². The number of halogens is 2. The molecule has 0 aliphatic rings. The molecule has 4 nitrogen and oxygen atoms in total. The highest BCUT2D eigenvalue weighted by atomic mass is 79.9. The van der Waals surface area contributed by atoms with Crippen molar-refractivity contribution in [2.75, 3.05) is 13.4 Å². The van der Waals surface area contributed by atoms with E-state index in [4.69, 9.17) is 21.1 Å². The number of carbonyl (C=O) groups is 1. The summed E-state index contributed by atoms with van der Waals surface area (Å²) in [6, 6.07) is 9.20. The molecule has 2 rings (SSSR count). The van der Waals surface area contributed by atoms with Crippen molar-refractivity contribution in [3.05, 3.63) is 51.0 Å². The molecule has 0 unspecified atom stereocenters. The Bertz CT molecular complexity index is 767. The fraction of sp³-hybridized carbons (Fsp3) is 0.278. The molecular formula is C18H18BrClO4S. The van der Waals surface area contributed by atoms with Crippen LogP contribution in [0.25, 0.3) is 0 Å². The van der Waals surface area contributed by atoms with Gasteiger partial charge in [0.25, 0.3) is 0 Å². The zero-order valence-electron chi connectivity index (χ0n) is 14.1. The van der Waals surface area contributed by atoms with Gasteiger partial charge in [0.1, 0.15) is 18.1 Å². The van der Waals surface area contributed by atoms with E-state index < -0.39 is 6.16 Å². The molecule has 0 saturated heterocycles. The van der Waals surface area contributed by atoms with Crippen molar-refractivity contribution in [3.8, 4) is 11.5 Å². The first-order valence-electron chi connectivity index (χ1n) is 7.52. The van der Waals surface area contributed by atoms with Crippen LogP contribution >= 0.6 is 39.3 Å². The van der Waals surface area contributed by atoms with Crippen molar-refractivity contribution < 1.29 is 19.0 Å². The summed E-state index contributed by atoms with van der Waals surface area (Å²) >= 11 is 11.3. The number of benzene rings is 2. The van der Waals surface area contributed by atoms with Crippen LogP contribution in [0.1, 0.15) is 18.1 Å². The molecule has 0 aliphatic heterocycles. The largest absolute Gasteiger partial charge is 0.513 e. The van der Waals surface area contributed by atoms with Crippen LogP contribution in [0.4, 0.5) is 4.79 Å². The van der Waals surface area contributed by atoms with E-state index in [2.05, 4.69) is 20.7 Å². The highest BCUT2D eigenvalue weighted by molar-refractivity contribution is 9.10. The number of carbonyl (C=O) groups excluding carboxylic acids is 1. The minimum atomic E-state index is -0.768. The second-order valence-electron chi connectivity index (χ2n) is 5.01. The molecule has 0 N–H and O–H groups in total. The summed E-state index contributed by atoms with van der Waals surface area (Å²) in [5.74, 6) is 1.04. The van der Waals surface area contributed by atoms with Crippen LogP contribution in [0, 0.1) is 0 Å². The van der Waals surface area contributed by atoms with E-state index in [1.54, 1.807) is 23.9 Å². The Balaban J connectivity index is 2.28. The minimum absolute atomic E-state index is 0.226. The minimum Gasteiger partial charge on any atom is -0.487 e. The number of methoxy groups -OCH3 is 1. The SMILES string of the molecule is CCc1cc(Br)c(OCc2c(OC(=O)OC)cccc2SC)cc1Cl. The maximum atomic E-state index is 11.5. The molecule has 7 heteroatoms. The Morgan fingerprint density at radius 1 is 1.28 bits per heavy atom. The smallest absolute Gasteiger partial charge is 0.487 e. The predicted molar refractivity (Wildman–Crippen MR) is 104 cm³/mol. The molecule has 0 bridgehead atoms. The fourth-order valence-corrected chi connectivity index (χ4v) is 3.62. The third-order valence-electron chi connectivity index (χ3n) is 3.52. The van der Waals surface area contributed by atoms with E-state index in [-0.39, 0.29) is 6.61 Å². The monoisotopic (exact) mass is 444 g/mol. The third-order valence-corrected chi connectivity index (χ3v) is 5.32. The summed E-state index contributed by atoms with van der Waals surface area (Å²) in [6.45, 7) is 2.27. The van der Waals surface area contributed by atoms with Crippen LogP contribution in [-0.2, 0) is 17.8 Å². The van der Waals surface area contributed by atoms with Gasteiger partial charge in [0.05, 0.1) is 11.6 Å². The Morgan fingerprint density at radius 3 is 2.68 bits per heavy atom. The summed E-state index contributed by atoms with van der Waals surface area (Å²) in [7, 11) is 1.27. The molecule has 0 atom stereocenters. The Hall–Kier alpha value is -1.37. The van der Waals surface area contributed by atoms with Crippen LogP contribution in [-0.4, -0.2) is 19.5 Å². The van der Waals surface area contributed by atoms with Crippen LogP contribution in [0.3, 0.4) is 0 Å². The number of rotatable bonds is 6. The van der Waals surface area contributed by atoms with E-state index in [0.717, 1.165) is 26.9 Å². The molecule has 0 fully saturated rings. The number of aryl methyl sites for hydroxylation is 1. The topological polar surface area (TPSA) is 44.8 Å². The number of ether oxygens (including phenoxy) is 3. The number of hydrogen-bond donors (Lipinski definition) is 0. The molecule has 0 saturated carbocycles. The van der Waals surface area contributed by atoms with Gasteiger partial charge in [-0.3, -0.25) is 0 Å². The van der Waals surface area contributed by atoms with Gasteiger partial charge in [-0.05, 0) is 52.4 Å². The van der Waals surface area contributed by atoms with Crippen LogP contribution in [0.2, 0.25) is 5.02 Å². The Labute approximate surface area is 164 Å². The standard InChI is InChI=1S/C18H18BrClO4S/c1-4-11-8-13(19)16(9-14(11)20)23-10-12-15(24-18(21)22-2)6-5-7-17(12)25-3/h5-9H,4,10H2,1-3H3. The molecule has 0 amide bonds. The van der Waals surface area contributed by atoms with Gasteiger partial charge in [-0.25, -0.2) is 4.79 Å². The van der Waals surface area contributed by atoms with E-state index in [1.165, 1.54) is 7.11 Å². The molecule has 0 aliphatic carbocycles. The zero-order chi connectivity index (χ0) is 18.4. The molecular weight excluding hydrogens is 428 g/mol. The average molecular weight is 446 g/mol. The van der Waals surface area contributed by atoms with E-state index in [9.17, 15) is 4.79 Å². The highest BCUT2D eigenvalue weighted by Gasteiger charge is 2.15. The van der Waals surface area contributed by atoms with Crippen molar-refractivity contribution >= 4 is 45.4 Å². The van der Waals surface area contributed by atoms with E-state index in [1.807, 2.05) is 31.4 Å². The quantitative estimate of drug-likeness (QED) is 0.305. The molecule has 134 valence electrons. The van der Waals surface area contributed by atoms with Gasteiger partial charge < -0.3 is 14.2 Å². The van der Waals surface area contributed by atoms with E-state index in [0.29, 0.717) is 16.5 Å². The molecule has 25 heavy (non-hydrogen) atoms.